The average Bonchev–Trinajstić information content (AvgIpc) is 3.22. The Morgan fingerprint density at radius 2 is 2.17 bits per heavy atom. The lowest BCUT2D eigenvalue weighted by molar-refractivity contribution is -0.135. The maximum absolute atomic E-state index is 12.3. The fraction of sp³-hybridized carbons (Fsp3) is 0.571. The van der Waals surface area contributed by atoms with Crippen molar-refractivity contribution < 1.29 is 4.79 Å². The van der Waals surface area contributed by atoms with Crippen LogP contribution in [-0.4, -0.2) is 21.9 Å². The van der Waals surface area contributed by atoms with E-state index in [-0.39, 0.29) is 11.0 Å². The molecular formula is C14H16N2O2. The molecule has 2 saturated carbocycles. The van der Waals surface area contributed by atoms with E-state index in [0.29, 0.717) is 18.4 Å². The number of nitrogens with zero attached hydrogens (tertiary/aromatic N) is 2. The van der Waals surface area contributed by atoms with E-state index >= 15 is 0 Å². The van der Waals surface area contributed by atoms with Gasteiger partial charge in [-0.05, 0) is 36.8 Å². The first-order valence-electron chi connectivity index (χ1n) is 6.58. The molecule has 0 atom stereocenters. The molecule has 4 heteroatoms. The molecule has 1 amide bonds. The van der Waals surface area contributed by atoms with E-state index in [1.165, 1.54) is 0 Å². The summed E-state index contributed by atoms with van der Waals surface area (Å²) in [5, 5.41) is 0. The number of rotatable bonds is 1. The molecular weight excluding hydrogens is 228 g/mol. The third kappa shape index (κ3) is 1.21. The highest BCUT2D eigenvalue weighted by molar-refractivity contribution is 5.90. The summed E-state index contributed by atoms with van der Waals surface area (Å²) in [7, 11) is 1.76. The molecule has 0 unspecified atom stereocenters. The van der Waals surface area contributed by atoms with Gasteiger partial charge in [-0.2, -0.15) is 0 Å². The van der Waals surface area contributed by atoms with Crippen molar-refractivity contribution >= 4 is 5.91 Å². The van der Waals surface area contributed by atoms with E-state index in [1.54, 1.807) is 11.6 Å². The molecule has 2 fully saturated rings. The molecule has 0 radical (unpaired) electrons. The second-order valence-corrected chi connectivity index (χ2v) is 5.97. The van der Waals surface area contributed by atoms with Gasteiger partial charge in [0.25, 0.3) is 5.56 Å². The van der Waals surface area contributed by atoms with Crippen LogP contribution in [0.5, 0.6) is 0 Å². The number of fused-ring (bicyclic) bond motifs is 2. The molecule has 0 spiro atoms. The number of carbonyl (C=O) groups excluding carboxylic acids is 1. The van der Waals surface area contributed by atoms with Crippen LogP contribution in [-0.2, 0) is 24.8 Å². The van der Waals surface area contributed by atoms with E-state index in [9.17, 15) is 9.59 Å². The fourth-order valence-electron chi connectivity index (χ4n) is 3.19. The first-order valence-corrected chi connectivity index (χ1v) is 6.58. The summed E-state index contributed by atoms with van der Waals surface area (Å²) in [4.78, 5) is 26.3. The van der Waals surface area contributed by atoms with Gasteiger partial charge in [0.1, 0.15) is 0 Å². The predicted octanol–water partition coefficient (Wildman–Crippen LogP) is 0.680. The summed E-state index contributed by atoms with van der Waals surface area (Å²) < 4.78 is 1.60. The summed E-state index contributed by atoms with van der Waals surface area (Å²) in [6.45, 7) is 1.28. The third-order valence-electron chi connectivity index (χ3n) is 4.86. The smallest absolute Gasteiger partial charge is 0.255 e. The molecule has 0 saturated heterocycles. The van der Waals surface area contributed by atoms with Crippen molar-refractivity contribution in [1.29, 1.82) is 0 Å². The largest absolute Gasteiger partial charge is 0.337 e. The summed E-state index contributed by atoms with van der Waals surface area (Å²) in [5.74, 6) is 0.967. The first kappa shape index (κ1) is 10.4. The van der Waals surface area contributed by atoms with Gasteiger partial charge in [-0.1, -0.05) is 0 Å². The Bertz CT molecular complexity index is 611. The first-order chi connectivity index (χ1) is 8.62. The number of carbonyl (C=O) groups is 1. The monoisotopic (exact) mass is 244 g/mol. The Kier molecular flexibility index (Phi) is 1.75. The van der Waals surface area contributed by atoms with E-state index in [2.05, 4.69) is 0 Å². The van der Waals surface area contributed by atoms with Crippen molar-refractivity contribution in [3.63, 3.8) is 0 Å². The molecule has 3 aliphatic rings. The molecule has 4 nitrogen and oxygen atoms in total. The summed E-state index contributed by atoms with van der Waals surface area (Å²) in [5.41, 5.74) is 2.00. The zero-order chi connectivity index (χ0) is 12.5. The summed E-state index contributed by atoms with van der Waals surface area (Å²) >= 11 is 0. The van der Waals surface area contributed by atoms with Crippen LogP contribution >= 0.6 is 0 Å². The topological polar surface area (TPSA) is 42.3 Å². The molecule has 2 aliphatic carbocycles. The minimum Gasteiger partial charge on any atom is -0.337 e. The van der Waals surface area contributed by atoms with E-state index in [0.717, 1.165) is 36.9 Å². The fourth-order valence-corrected chi connectivity index (χ4v) is 3.19. The van der Waals surface area contributed by atoms with Crippen molar-refractivity contribution in [2.45, 2.75) is 25.8 Å². The lowest BCUT2D eigenvalue weighted by Gasteiger charge is -2.29. The Morgan fingerprint density at radius 1 is 1.44 bits per heavy atom. The van der Waals surface area contributed by atoms with Crippen LogP contribution in [0.4, 0.5) is 0 Å². The van der Waals surface area contributed by atoms with E-state index in [1.807, 2.05) is 17.2 Å². The summed E-state index contributed by atoms with van der Waals surface area (Å²) in [6, 6.07) is 2.01. The molecule has 1 aliphatic heterocycles. The molecule has 0 aromatic carbocycles. The number of aryl methyl sites for hydroxylation is 1. The quantitative estimate of drug-likeness (QED) is 0.729. The van der Waals surface area contributed by atoms with Crippen LogP contribution in [0.2, 0.25) is 0 Å². The van der Waals surface area contributed by atoms with Crippen LogP contribution in [0.3, 0.4) is 0 Å². The van der Waals surface area contributed by atoms with Gasteiger partial charge in [0.2, 0.25) is 5.91 Å². The molecule has 2 heterocycles. The van der Waals surface area contributed by atoms with Gasteiger partial charge in [-0.15, -0.1) is 0 Å². The maximum atomic E-state index is 12.3. The zero-order valence-corrected chi connectivity index (χ0v) is 10.5. The lowest BCUT2D eigenvalue weighted by Crippen LogP contribution is -2.41. The lowest BCUT2D eigenvalue weighted by atomic mass is 10.0. The Labute approximate surface area is 105 Å². The van der Waals surface area contributed by atoms with Gasteiger partial charge < -0.3 is 9.47 Å². The van der Waals surface area contributed by atoms with Gasteiger partial charge in [-0.3, -0.25) is 9.59 Å². The third-order valence-corrected chi connectivity index (χ3v) is 4.86. The minimum atomic E-state index is 0.0253. The molecule has 1 aromatic heterocycles. The Hall–Kier alpha value is -1.58. The zero-order valence-electron chi connectivity index (χ0n) is 10.5. The van der Waals surface area contributed by atoms with Gasteiger partial charge in [-0.25, -0.2) is 0 Å². The van der Waals surface area contributed by atoms with Crippen molar-refractivity contribution in [2.24, 2.45) is 18.4 Å². The maximum Gasteiger partial charge on any atom is 0.255 e. The second-order valence-electron chi connectivity index (χ2n) is 5.97. The van der Waals surface area contributed by atoms with Crippen molar-refractivity contribution in [3.05, 3.63) is 33.7 Å². The number of aromatic nitrogens is 1. The highest BCUT2D eigenvalue weighted by Gasteiger charge is 2.75. The van der Waals surface area contributed by atoms with Crippen LogP contribution in [0.1, 0.15) is 24.0 Å². The van der Waals surface area contributed by atoms with E-state index < -0.39 is 0 Å². The SMILES string of the molecule is Cn1ccc2c(c1=O)CN(C(=O)C13CC1C3)CC2. The number of hydrogen-bond acceptors (Lipinski definition) is 2. The summed E-state index contributed by atoms with van der Waals surface area (Å²) in [6.07, 6.45) is 4.80. The molecule has 4 rings (SSSR count). The predicted molar refractivity (Wildman–Crippen MR) is 66.0 cm³/mol. The second kappa shape index (κ2) is 3.05. The van der Waals surface area contributed by atoms with Crippen LogP contribution in [0.15, 0.2) is 17.1 Å². The van der Waals surface area contributed by atoms with Gasteiger partial charge >= 0.3 is 0 Å². The minimum absolute atomic E-state index is 0.0253. The van der Waals surface area contributed by atoms with Crippen molar-refractivity contribution in [2.75, 3.05) is 6.54 Å². The molecule has 1 aromatic rings. The standard InChI is InChI=1S/C14H16N2O2/c1-15-4-2-9-3-5-16(8-11(9)12(15)17)13(18)14-6-10(14)7-14/h2,4,10H,3,5-8H2,1H3. The van der Waals surface area contributed by atoms with E-state index in [4.69, 9.17) is 0 Å². The Balaban J connectivity index is 1.66. The average molecular weight is 244 g/mol. The molecule has 94 valence electrons. The molecule has 0 bridgehead atoms. The molecule has 18 heavy (non-hydrogen) atoms. The van der Waals surface area contributed by atoms with Crippen molar-refractivity contribution in [3.8, 4) is 0 Å². The van der Waals surface area contributed by atoms with Gasteiger partial charge in [0.15, 0.2) is 0 Å². The highest BCUT2D eigenvalue weighted by atomic mass is 16.2. The number of amides is 1. The van der Waals surface area contributed by atoms with Crippen LogP contribution < -0.4 is 5.56 Å². The van der Waals surface area contributed by atoms with Crippen LogP contribution in [0.25, 0.3) is 0 Å². The highest BCUT2D eigenvalue weighted by Crippen LogP contribution is 2.76. The normalized spacial score (nSPS) is 31.6. The van der Waals surface area contributed by atoms with Crippen molar-refractivity contribution in [1.82, 2.24) is 9.47 Å². The van der Waals surface area contributed by atoms with Gasteiger partial charge in [0.05, 0.1) is 12.0 Å². The Morgan fingerprint density at radius 3 is 2.83 bits per heavy atom. The van der Waals surface area contributed by atoms with Crippen LogP contribution in [0, 0.1) is 11.3 Å². The number of hydrogen-bond donors (Lipinski definition) is 0. The molecule has 0 N–H and O–H groups in total. The van der Waals surface area contributed by atoms with Gasteiger partial charge in [0, 0.05) is 25.4 Å². The number of pyridine rings is 1.